The molecule has 0 aromatic heterocycles. The predicted molar refractivity (Wildman–Crippen MR) is 76.8 cm³/mol. The van der Waals surface area contributed by atoms with E-state index in [0.717, 1.165) is 12.2 Å². The lowest BCUT2D eigenvalue weighted by atomic mass is 9.93. The maximum absolute atomic E-state index is 11.9. The quantitative estimate of drug-likeness (QED) is 0.556. The first kappa shape index (κ1) is 15.7. The Morgan fingerprint density at radius 3 is 2.32 bits per heavy atom. The first-order chi connectivity index (χ1) is 8.92. The number of benzene rings is 1. The summed E-state index contributed by atoms with van der Waals surface area (Å²) in [6.45, 7) is 9.79. The number of ether oxygens (including phenoxy) is 2. The van der Waals surface area contributed by atoms with Gasteiger partial charge in [0.15, 0.2) is 5.78 Å². The zero-order valence-electron chi connectivity index (χ0n) is 12.4. The molecule has 0 aliphatic heterocycles. The fraction of sp³-hybridized carbons (Fsp3) is 0.562. The zero-order valence-corrected chi connectivity index (χ0v) is 12.4. The first-order valence-corrected chi connectivity index (χ1v) is 6.76. The minimum absolute atomic E-state index is 0.0111. The van der Waals surface area contributed by atoms with E-state index in [1.165, 1.54) is 0 Å². The Morgan fingerprint density at radius 2 is 1.79 bits per heavy atom. The van der Waals surface area contributed by atoms with Crippen LogP contribution in [0.4, 0.5) is 0 Å². The number of hydrogen-bond acceptors (Lipinski definition) is 3. The Labute approximate surface area is 115 Å². The second-order valence-corrected chi connectivity index (χ2v) is 5.74. The maximum Gasteiger partial charge on any atom is 0.188 e. The molecule has 0 spiro atoms. The fourth-order valence-electron chi connectivity index (χ4n) is 1.53. The van der Waals surface area contributed by atoms with E-state index in [2.05, 4.69) is 20.8 Å². The summed E-state index contributed by atoms with van der Waals surface area (Å²) >= 11 is 0. The molecule has 0 bridgehead atoms. The maximum atomic E-state index is 11.9. The lowest BCUT2D eigenvalue weighted by molar-refractivity contribution is 0.0705. The molecule has 3 heteroatoms. The highest BCUT2D eigenvalue weighted by Crippen LogP contribution is 2.18. The molecule has 0 heterocycles. The summed E-state index contributed by atoms with van der Waals surface area (Å²) in [6, 6.07) is 7.18. The second kappa shape index (κ2) is 7.29. The van der Waals surface area contributed by atoms with Crippen LogP contribution in [0.2, 0.25) is 0 Å². The molecule has 0 saturated carbocycles. The molecule has 1 aromatic carbocycles. The van der Waals surface area contributed by atoms with Crippen LogP contribution in [0, 0.1) is 5.41 Å². The van der Waals surface area contributed by atoms with Crippen molar-refractivity contribution >= 4 is 5.78 Å². The highest BCUT2D eigenvalue weighted by molar-refractivity contribution is 5.97. The standard InChI is InChI=1S/C16H24O3/c1-5-19-14-8-6-13(7-9-14)15(17)12-18-11-10-16(2,3)4/h6-9H,5,10-12H2,1-4H3. The van der Waals surface area contributed by atoms with Crippen LogP contribution in [0.1, 0.15) is 44.5 Å². The summed E-state index contributed by atoms with van der Waals surface area (Å²) in [5, 5.41) is 0. The SMILES string of the molecule is CCOc1ccc(C(=O)COCCC(C)(C)C)cc1. The average Bonchev–Trinajstić information content (AvgIpc) is 2.34. The molecule has 0 aliphatic carbocycles. The van der Waals surface area contributed by atoms with E-state index in [4.69, 9.17) is 9.47 Å². The van der Waals surface area contributed by atoms with Gasteiger partial charge >= 0.3 is 0 Å². The van der Waals surface area contributed by atoms with Crippen LogP contribution in [-0.4, -0.2) is 25.6 Å². The number of ketones is 1. The Morgan fingerprint density at radius 1 is 1.16 bits per heavy atom. The molecule has 106 valence electrons. The van der Waals surface area contributed by atoms with Crippen LogP contribution in [0.5, 0.6) is 5.75 Å². The molecule has 0 N–H and O–H groups in total. The largest absolute Gasteiger partial charge is 0.494 e. The van der Waals surface area contributed by atoms with Crippen molar-refractivity contribution < 1.29 is 14.3 Å². The zero-order chi connectivity index (χ0) is 14.3. The molecule has 0 saturated heterocycles. The predicted octanol–water partition coefficient (Wildman–Crippen LogP) is 3.72. The smallest absolute Gasteiger partial charge is 0.188 e. The van der Waals surface area contributed by atoms with E-state index < -0.39 is 0 Å². The van der Waals surface area contributed by atoms with Crippen molar-refractivity contribution in [2.45, 2.75) is 34.1 Å². The Hall–Kier alpha value is -1.35. The van der Waals surface area contributed by atoms with Crippen LogP contribution in [0.15, 0.2) is 24.3 Å². The molecule has 0 amide bonds. The molecule has 19 heavy (non-hydrogen) atoms. The van der Waals surface area contributed by atoms with Crippen molar-refractivity contribution in [1.29, 1.82) is 0 Å². The van der Waals surface area contributed by atoms with Gasteiger partial charge in [0, 0.05) is 12.2 Å². The van der Waals surface area contributed by atoms with E-state index >= 15 is 0 Å². The summed E-state index contributed by atoms with van der Waals surface area (Å²) in [6.07, 6.45) is 0.948. The van der Waals surface area contributed by atoms with Crippen LogP contribution in [0.3, 0.4) is 0 Å². The number of hydrogen-bond donors (Lipinski definition) is 0. The van der Waals surface area contributed by atoms with Crippen molar-refractivity contribution in [3.63, 3.8) is 0 Å². The Balaban J connectivity index is 2.37. The summed E-state index contributed by atoms with van der Waals surface area (Å²) in [4.78, 5) is 11.9. The van der Waals surface area contributed by atoms with Crippen molar-refractivity contribution in [1.82, 2.24) is 0 Å². The molecule has 0 atom stereocenters. The lowest BCUT2D eigenvalue weighted by Gasteiger charge is -2.17. The summed E-state index contributed by atoms with van der Waals surface area (Å²) in [7, 11) is 0. The van der Waals surface area contributed by atoms with Gasteiger partial charge in [-0.25, -0.2) is 0 Å². The van der Waals surface area contributed by atoms with Gasteiger partial charge in [-0.05, 0) is 43.0 Å². The van der Waals surface area contributed by atoms with E-state index in [1.807, 2.05) is 19.1 Å². The first-order valence-electron chi connectivity index (χ1n) is 6.76. The van der Waals surface area contributed by atoms with Crippen LogP contribution < -0.4 is 4.74 Å². The normalized spacial score (nSPS) is 11.4. The molecule has 0 fully saturated rings. The number of rotatable bonds is 7. The molecule has 1 rings (SSSR count). The monoisotopic (exact) mass is 264 g/mol. The van der Waals surface area contributed by atoms with Gasteiger partial charge in [0.25, 0.3) is 0 Å². The Kier molecular flexibility index (Phi) is 6.03. The topological polar surface area (TPSA) is 35.5 Å². The van der Waals surface area contributed by atoms with Crippen molar-refractivity contribution in [3.8, 4) is 5.75 Å². The molecule has 1 aromatic rings. The van der Waals surface area contributed by atoms with Gasteiger partial charge in [0.2, 0.25) is 0 Å². The molecule has 3 nitrogen and oxygen atoms in total. The summed E-state index contributed by atoms with van der Waals surface area (Å²) in [5.74, 6) is 0.796. The third-order valence-corrected chi connectivity index (χ3v) is 2.72. The Bertz CT molecular complexity index is 387. The molecule has 0 aliphatic rings. The average molecular weight is 264 g/mol. The van der Waals surface area contributed by atoms with Gasteiger partial charge in [-0.15, -0.1) is 0 Å². The van der Waals surface area contributed by atoms with E-state index in [-0.39, 0.29) is 17.8 Å². The van der Waals surface area contributed by atoms with Crippen LogP contribution in [-0.2, 0) is 4.74 Å². The third kappa shape index (κ3) is 6.39. The number of carbonyl (C=O) groups is 1. The van der Waals surface area contributed by atoms with E-state index in [0.29, 0.717) is 18.8 Å². The van der Waals surface area contributed by atoms with Gasteiger partial charge in [0.05, 0.1) is 6.61 Å². The summed E-state index contributed by atoms with van der Waals surface area (Å²) in [5.41, 5.74) is 0.904. The third-order valence-electron chi connectivity index (χ3n) is 2.72. The van der Waals surface area contributed by atoms with Crippen molar-refractivity contribution in [3.05, 3.63) is 29.8 Å². The van der Waals surface area contributed by atoms with Crippen LogP contribution >= 0.6 is 0 Å². The highest BCUT2D eigenvalue weighted by atomic mass is 16.5. The van der Waals surface area contributed by atoms with E-state index in [1.54, 1.807) is 12.1 Å². The second-order valence-electron chi connectivity index (χ2n) is 5.74. The molecular formula is C16H24O3. The molecule has 0 unspecified atom stereocenters. The highest BCUT2D eigenvalue weighted by Gasteiger charge is 2.11. The van der Waals surface area contributed by atoms with Crippen LogP contribution in [0.25, 0.3) is 0 Å². The fourth-order valence-corrected chi connectivity index (χ4v) is 1.53. The van der Waals surface area contributed by atoms with Gasteiger partial charge in [-0.1, -0.05) is 20.8 Å². The number of carbonyl (C=O) groups excluding carboxylic acids is 1. The minimum Gasteiger partial charge on any atom is -0.494 e. The minimum atomic E-state index is 0.0111. The molecule has 0 radical (unpaired) electrons. The van der Waals surface area contributed by atoms with Crippen molar-refractivity contribution in [2.75, 3.05) is 19.8 Å². The van der Waals surface area contributed by atoms with E-state index in [9.17, 15) is 4.79 Å². The number of Topliss-reactive ketones (excluding diaryl/α,β-unsaturated/α-hetero) is 1. The summed E-state index contributed by atoms with van der Waals surface area (Å²) < 4.78 is 10.8. The lowest BCUT2D eigenvalue weighted by Crippen LogP contribution is -2.14. The van der Waals surface area contributed by atoms with Gasteiger partial charge in [0.1, 0.15) is 12.4 Å². The van der Waals surface area contributed by atoms with Gasteiger partial charge in [-0.2, -0.15) is 0 Å². The van der Waals surface area contributed by atoms with Gasteiger partial charge in [-0.3, -0.25) is 4.79 Å². The molecular weight excluding hydrogens is 240 g/mol. The van der Waals surface area contributed by atoms with Crippen molar-refractivity contribution in [2.24, 2.45) is 5.41 Å². The van der Waals surface area contributed by atoms with Gasteiger partial charge < -0.3 is 9.47 Å².